The predicted octanol–water partition coefficient (Wildman–Crippen LogP) is 4.04. The van der Waals surface area contributed by atoms with Gasteiger partial charge in [0.25, 0.3) is 5.56 Å². The van der Waals surface area contributed by atoms with Gasteiger partial charge in [0.2, 0.25) is 11.8 Å². The Morgan fingerprint density at radius 2 is 1.78 bits per heavy atom. The summed E-state index contributed by atoms with van der Waals surface area (Å²) >= 11 is 6.71. The number of halogens is 1. The van der Waals surface area contributed by atoms with Crippen LogP contribution in [0.2, 0.25) is 5.02 Å². The molecule has 1 aromatic heterocycles. The first-order chi connectivity index (χ1) is 15.4. The molecule has 0 bridgehead atoms. The van der Waals surface area contributed by atoms with Crippen molar-refractivity contribution in [3.05, 3.63) is 81.2 Å². The van der Waals surface area contributed by atoms with Crippen LogP contribution in [-0.4, -0.2) is 23.5 Å². The number of rotatable bonds is 5. The molecule has 4 rings (SSSR count). The monoisotopic (exact) mass is 450 g/mol. The van der Waals surface area contributed by atoms with E-state index in [2.05, 4.69) is 5.32 Å². The van der Waals surface area contributed by atoms with Crippen LogP contribution in [-0.2, 0) is 28.0 Å². The number of benzene rings is 2. The normalized spacial score (nSPS) is 16.2. The maximum Gasteiger partial charge on any atom is 0.258 e. The van der Waals surface area contributed by atoms with E-state index in [0.717, 1.165) is 22.3 Å². The molecule has 6 nitrogen and oxygen atoms in total. The number of carbonyl (C=O) groups is 2. The summed E-state index contributed by atoms with van der Waals surface area (Å²) in [6.45, 7) is 0.340. The lowest BCUT2D eigenvalue weighted by Gasteiger charge is -2.23. The number of carbonyl (C=O) groups excluding carboxylic acids is 2. The van der Waals surface area contributed by atoms with E-state index in [-0.39, 0.29) is 17.4 Å². The number of methoxy groups -OCH3 is 1. The summed E-state index contributed by atoms with van der Waals surface area (Å²) in [5, 5.41) is 2.88. The van der Waals surface area contributed by atoms with Gasteiger partial charge in [-0.25, -0.2) is 0 Å². The van der Waals surface area contributed by atoms with E-state index in [4.69, 9.17) is 16.3 Å². The minimum absolute atomic E-state index is 0.0924. The summed E-state index contributed by atoms with van der Waals surface area (Å²) in [6.07, 6.45) is 2.46. The third-order valence-corrected chi connectivity index (χ3v) is 6.20. The summed E-state index contributed by atoms with van der Waals surface area (Å²) in [7, 11) is 3.32. The van der Waals surface area contributed by atoms with Gasteiger partial charge < -0.3 is 9.30 Å². The van der Waals surface area contributed by atoms with Gasteiger partial charge >= 0.3 is 0 Å². The van der Waals surface area contributed by atoms with Crippen LogP contribution in [0, 0.1) is 0 Å². The first-order valence-corrected chi connectivity index (χ1v) is 10.7. The first kappa shape index (κ1) is 22.0. The lowest BCUT2D eigenvalue weighted by molar-refractivity contribution is -0.134. The van der Waals surface area contributed by atoms with E-state index in [1.165, 1.54) is 0 Å². The highest BCUT2D eigenvalue weighted by atomic mass is 35.5. The van der Waals surface area contributed by atoms with Crippen LogP contribution in [0.15, 0.2) is 59.5 Å². The van der Waals surface area contributed by atoms with E-state index in [1.807, 2.05) is 48.5 Å². The summed E-state index contributed by atoms with van der Waals surface area (Å²) in [6, 6.07) is 15.1. The molecular formula is C25H23ClN2O4. The molecule has 0 aliphatic carbocycles. The fourth-order valence-corrected chi connectivity index (χ4v) is 4.47. The number of imide groups is 1. The van der Waals surface area contributed by atoms with Gasteiger partial charge in [-0.05, 0) is 34.7 Å². The predicted molar refractivity (Wildman–Crippen MR) is 123 cm³/mol. The molecule has 7 heteroatoms. The van der Waals surface area contributed by atoms with Crippen molar-refractivity contribution in [1.29, 1.82) is 0 Å². The number of hydrogen-bond acceptors (Lipinski definition) is 4. The lowest BCUT2D eigenvalue weighted by atomic mass is 9.88. The Kier molecular flexibility index (Phi) is 6.26. The smallest absolute Gasteiger partial charge is 0.258 e. The zero-order chi connectivity index (χ0) is 22.8. The number of hydrogen-bond donors (Lipinski definition) is 1. The zero-order valence-electron chi connectivity index (χ0n) is 17.9. The van der Waals surface area contributed by atoms with Gasteiger partial charge in [0.15, 0.2) is 0 Å². The van der Waals surface area contributed by atoms with Crippen molar-refractivity contribution in [3.63, 3.8) is 0 Å². The molecule has 2 aromatic carbocycles. The van der Waals surface area contributed by atoms with Gasteiger partial charge in [-0.1, -0.05) is 54.1 Å². The Morgan fingerprint density at radius 1 is 1.06 bits per heavy atom. The molecule has 3 aromatic rings. The van der Waals surface area contributed by atoms with Crippen LogP contribution >= 0.6 is 11.6 Å². The average Bonchev–Trinajstić information content (AvgIpc) is 2.78. The van der Waals surface area contributed by atoms with Crippen molar-refractivity contribution >= 4 is 23.4 Å². The highest BCUT2D eigenvalue weighted by Gasteiger charge is 2.30. The molecule has 1 aliphatic rings. The minimum Gasteiger partial charge on any atom is -0.380 e. The summed E-state index contributed by atoms with van der Waals surface area (Å²) in [4.78, 5) is 36.6. The van der Waals surface area contributed by atoms with Crippen molar-refractivity contribution in [3.8, 4) is 22.3 Å². The molecule has 1 N–H and O–H groups in total. The quantitative estimate of drug-likeness (QED) is 0.595. The van der Waals surface area contributed by atoms with Crippen molar-refractivity contribution in [2.24, 2.45) is 7.05 Å². The molecule has 1 aliphatic heterocycles. The highest BCUT2D eigenvalue weighted by Crippen LogP contribution is 2.37. The average molecular weight is 451 g/mol. The highest BCUT2D eigenvalue weighted by molar-refractivity contribution is 6.34. The van der Waals surface area contributed by atoms with Crippen LogP contribution in [0.3, 0.4) is 0 Å². The molecule has 164 valence electrons. The summed E-state index contributed by atoms with van der Waals surface area (Å²) in [5.74, 6) is -1.03. The Labute approximate surface area is 190 Å². The Hall–Kier alpha value is -3.22. The van der Waals surface area contributed by atoms with E-state index in [1.54, 1.807) is 24.9 Å². The van der Waals surface area contributed by atoms with E-state index in [0.29, 0.717) is 35.6 Å². The molecule has 1 fully saturated rings. The lowest BCUT2D eigenvalue weighted by Crippen LogP contribution is -2.39. The maximum atomic E-state index is 12.8. The van der Waals surface area contributed by atoms with Crippen molar-refractivity contribution in [2.45, 2.75) is 25.4 Å². The molecule has 1 unspecified atom stereocenters. The SMILES string of the molecule is COCc1ccn(C)c(=O)c1-c1ccc(-c2cccc(C3CCC(=O)NC3=O)c2Cl)cc1. The first-order valence-electron chi connectivity index (χ1n) is 10.3. The Morgan fingerprint density at radius 3 is 2.47 bits per heavy atom. The number of pyridine rings is 1. The summed E-state index contributed by atoms with van der Waals surface area (Å²) in [5.41, 5.74) is 4.49. The molecule has 0 saturated carbocycles. The largest absolute Gasteiger partial charge is 0.380 e. The van der Waals surface area contributed by atoms with Gasteiger partial charge in [0.1, 0.15) is 0 Å². The summed E-state index contributed by atoms with van der Waals surface area (Å²) < 4.78 is 6.80. The zero-order valence-corrected chi connectivity index (χ0v) is 18.6. The van der Waals surface area contributed by atoms with Crippen molar-refractivity contribution in [1.82, 2.24) is 9.88 Å². The molecular weight excluding hydrogens is 428 g/mol. The van der Waals surface area contributed by atoms with E-state index in [9.17, 15) is 14.4 Å². The number of aromatic nitrogens is 1. The van der Waals surface area contributed by atoms with Gasteiger partial charge in [0.05, 0.1) is 23.1 Å². The minimum atomic E-state index is -0.455. The molecule has 0 radical (unpaired) electrons. The van der Waals surface area contributed by atoms with Crippen LogP contribution in [0.1, 0.15) is 29.9 Å². The number of piperidine rings is 1. The van der Waals surface area contributed by atoms with Crippen LogP contribution in [0.25, 0.3) is 22.3 Å². The molecule has 0 spiro atoms. The van der Waals surface area contributed by atoms with Crippen LogP contribution < -0.4 is 10.9 Å². The topological polar surface area (TPSA) is 77.4 Å². The van der Waals surface area contributed by atoms with E-state index >= 15 is 0 Å². The molecule has 2 heterocycles. The van der Waals surface area contributed by atoms with Crippen molar-refractivity contribution in [2.75, 3.05) is 7.11 Å². The van der Waals surface area contributed by atoms with E-state index < -0.39 is 5.92 Å². The van der Waals surface area contributed by atoms with Crippen molar-refractivity contribution < 1.29 is 14.3 Å². The van der Waals surface area contributed by atoms with Crippen LogP contribution in [0.5, 0.6) is 0 Å². The number of ether oxygens (including phenoxy) is 1. The molecule has 2 amide bonds. The number of nitrogens with one attached hydrogen (secondary N) is 1. The van der Waals surface area contributed by atoms with Crippen LogP contribution in [0.4, 0.5) is 0 Å². The third kappa shape index (κ3) is 4.11. The second-order valence-electron chi connectivity index (χ2n) is 7.85. The molecule has 1 atom stereocenters. The molecule has 32 heavy (non-hydrogen) atoms. The number of amides is 2. The number of aryl methyl sites for hydroxylation is 1. The number of nitrogens with zero attached hydrogens (tertiary/aromatic N) is 1. The van der Waals surface area contributed by atoms with Gasteiger partial charge in [-0.15, -0.1) is 0 Å². The second kappa shape index (κ2) is 9.10. The Balaban J connectivity index is 1.71. The van der Waals surface area contributed by atoms with Gasteiger partial charge in [-0.3, -0.25) is 19.7 Å². The molecule has 1 saturated heterocycles. The third-order valence-electron chi connectivity index (χ3n) is 5.78. The van der Waals surface area contributed by atoms with Gasteiger partial charge in [-0.2, -0.15) is 0 Å². The standard InChI is InChI=1S/C25H23ClN2O4/c1-28-13-12-17(14-32-2)22(25(28)31)16-8-6-15(7-9-16)18-4-3-5-19(23(18)26)20-10-11-21(29)27-24(20)30/h3-9,12-13,20H,10-11,14H2,1-2H3,(H,27,29,30). The fourth-order valence-electron chi connectivity index (χ4n) is 4.10. The second-order valence-corrected chi connectivity index (χ2v) is 8.23. The Bertz CT molecular complexity index is 1250. The fraction of sp³-hybridized carbons (Fsp3) is 0.240. The van der Waals surface area contributed by atoms with Gasteiger partial charge in [0, 0.05) is 32.3 Å². The maximum absolute atomic E-state index is 12.8.